The lowest BCUT2D eigenvalue weighted by Crippen LogP contribution is -2.17. The fourth-order valence-corrected chi connectivity index (χ4v) is 2.80. The van der Waals surface area contributed by atoms with E-state index in [1.807, 2.05) is 13.0 Å². The molecule has 3 rings (SSSR count). The molecule has 0 amide bonds. The summed E-state index contributed by atoms with van der Waals surface area (Å²) in [6, 6.07) is 12.9. The molecule has 1 atom stereocenters. The minimum Gasteiger partial charge on any atom is -0.372 e. The third-order valence-corrected chi connectivity index (χ3v) is 3.94. The third kappa shape index (κ3) is 2.60. The van der Waals surface area contributed by atoms with Crippen molar-refractivity contribution in [3.63, 3.8) is 0 Å². The van der Waals surface area contributed by atoms with Crippen LogP contribution in [0.4, 0.5) is 5.69 Å². The van der Waals surface area contributed by atoms with E-state index in [-0.39, 0.29) is 5.92 Å². The van der Waals surface area contributed by atoms with Crippen LogP contribution in [0.3, 0.4) is 0 Å². The second-order valence-electron chi connectivity index (χ2n) is 5.61. The lowest BCUT2D eigenvalue weighted by molar-refractivity contribution is 0.724. The summed E-state index contributed by atoms with van der Waals surface area (Å²) in [5.74, 6) is 0.0174. The van der Waals surface area contributed by atoms with Crippen molar-refractivity contribution in [3.8, 4) is 6.07 Å². The van der Waals surface area contributed by atoms with Crippen molar-refractivity contribution in [2.75, 3.05) is 18.0 Å². The molecule has 1 saturated heterocycles. The smallest absolute Gasteiger partial charge is 0.0706 e. The second-order valence-corrected chi connectivity index (χ2v) is 5.61. The van der Waals surface area contributed by atoms with E-state index in [1.54, 1.807) is 0 Å². The van der Waals surface area contributed by atoms with Gasteiger partial charge in [-0.1, -0.05) is 6.07 Å². The van der Waals surface area contributed by atoms with Crippen LogP contribution in [-0.2, 0) is 6.42 Å². The first-order valence-corrected chi connectivity index (χ1v) is 7.30. The number of benzene rings is 1. The van der Waals surface area contributed by atoms with Gasteiger partial charge in [-0.3, -0.25) is 4.98 Å². The van der Waals surface area contributed by atoms with Crippen molar-refractivity contribution < 1.29 is 0 Å². The van der Waals surface area contributed by atoms with Gasteiger partial charge in [0.25, 0.3) is 0 Å². The SMILES string of the molecule is CC(C#N)Cc1ccc2cc(N3CCCC3)ccc2n1. The van der Waals surface area contributed by atoms with Crippen LogP contribution in [0.15, 0.2) is 30.3 Å². The molecular weight excluding hydrogens is 246 g/mol. The molecule has 0 radical (unpaired) electrons. The Morgan fingerprint density at radius 1 is 1.25 bits per heavy atom. The lowest BCUT2D eigenvalue weighted by atomic mass is 10.1. The molecule has 1 aliphatic heterocycles. The Balaban J connectivity index is 1.88. The maximum Gasteiger partial charge on any atom is 0.0706 e. The molecule has 1 unspecified atom stereocenters. The summed E-state index contributed by atoms with van der Waals surface area (Å²) in [6.45, 7) is 4.26. The van der Waals surface area contributed by atoms with E-state index in [0.717, 1.165) is 30.7 Å². The van der Waals surface area contributed by atoms with Gasteiger partial charge >= 0.3 is 0 Å². The molecule has 102 valence electrons. The van der Waals surface area contributed by atoms with Gasteiger partial charge < -0.3 is 4.90 Å². The van der Waals surface area contributed by atoms with Gasteiger partial charge in [-0.2, -0.15) is 5.26 Å². The van der Waals surface area contributed by atoms with Crippen LogP contribution in [0.2, 0.25) is 0 Å². The highest BCUT2D eigenvalue weighted by Gasteiger charge is 2.12. The average molecular weight is 265 g/mol. The number of aromatic nitrogens is 1. The molecule has 1 aromatic carbocycles. The summed E-state index contributed by atoms with van der Waals surface area (Å²) in [4.78, 5) is 7.10. The van der Waals surface area contributed by atoms with Crippen molar-refractivity contribution in [2.45, 2.75) is 26.2 Å². The fraction of sp³-hybridized carbons (Fsp3) is 0.412. The lowest BCUT2D eigenvalue weighted by Gasteiger charge is -2.18. The standard InChI is InChI=1S/C17H19N3/c1-13(12-18)10-15-5-4-14-11-16(6-7-17(14)19-15)20-8-2-3-9-20/h4-7,11,13H,2-3,8-10H2,1H3. The van der Waals surface area contributed by atoms with Gasteiger partial charge in [0, 0.05) is 42.2 Å². The van der Waals surface area contributed by atoms with Gasteiger partial charge in [0.2, 0.25) is 0 Å². The normalized spacial score (nSPS) is 16.3. The van der Waals surface area contributed by atoms with Gasteiger partial charge in [0.15, 0.2) is 0 Å². The molecule has 3 nitrogen and oxygen atoms in total. The summed E-state index contributed by atoms with van der Waals surface area (Å²) in [5, 5.41) is 10.1. The molecule has 1 aliphatic rings. The van der Waals surface area contributed by atoms with Gasteiger partial charge in [-0.05, 0) is 44.0 Å². The zero-order valence-corrected chi connectivity index (χ0v) is 11.8. The largest absolute Gasteiger partial charge is 0.372 e. The van der Waals surface area contributed by atoms with Crippen molar-refractivity contribution in [2.24, 2.45) is 5.92 Å². The molecule has 0 N–H and O–H groups in total. The van der Waals surface area contributed by atoms with Crippen LogP contribution < -0.4 is 4.90 Å². The number of hydrogen-bond acceptors (Lipinski definition) is 3. The van der Waals surface area contributed by atoms with Crippen LogP contribution in [0.1, 0.15) is 25.5 Å². The minimum absolute atomic E-state index is 0.0174. The van der Waals surface area contributed by atoms with Crippen LogP contribution in [-0.4, -0.2) is 18.1 Å². The van der Waals surface area contributed by atoms with Crippen molar-refractivity contribution in [3.05, 3.63) is 36.0 Å². The topological polar surface area (TPSA) is 39.9 Å². The Morgan fingerprint density at radius 3 is 2.80 bits per heavy atom. The van der Waals surface area contributed by atoms with Crippen LogP contribution >= 0.6 is 0 Å². The van der Waals surface area contributed by atoms with E-state index >= 15 is 0 Å². The van der Waals surface area contributed by atoms with E-state index in [9.17, 15) is 0 Å². The zero-order chi connectivity index (χ0) is 13.9. The average Bonchev–Trinajstić information content (AvgIpc) is 3.01. The quantitative estimate of drug-likeness (QED) is 0.852. The molecule has 0 saturated carbocycles. The molecule has 0 bridgehead atoms. The number of fused-ring (bicyclic) bond motifs is 1. The van der Waals surface area contributed by atoms with Crippen molar-refractivity contribution in [1.29, 1.82) is 5.26 Å². The van der Waals surface area contributed by atoms with Crippen molar-refractivity contribution >= 4 is 16.6 Å². The summed E-state index contributed by atoms with van der Waals surface area (Å²) >= 11 is 0. The van der Waals surface area contributed by atoms with E-state index in [4.69, 9.17) is 5.26 Å². The summed E-state index contributed by atoms with van der Waals surface area (Å²) in [7, 11) is 0. The molecule has 20 heavy (non-hydrogen) atoms. The zero-order valence-electron chi connectivity index (χ0n) is 11.8. The van der Waals surface area contributed by atoms with Crippen LogP contribution in [0.5, 0.6) is 0 Å². The molecule has 2 aromatic rings. The number of nitrogens with zero attached hydrogens (tertiary/aromatic N) is 3. The molecular formula is C17H19N3. The Bertz CT molecular complexity index is 651. The Kier molecular flexibility index (Phi) is 3.56. The number of nitriles is 1. The fourth-order valence-electron chi connectivity index (χ4n) is 2.80. The Hall–Kier alpha value is -2.08. The Morgan fingerprint density at radius 2 is 2.05 bits per heavy atom. The predicted molar refractivity (Wildman–Crippen MR) is 81.7 cm³/mol. The first-order chi connectivity index (χ1) is 9.76. The van der Waals surface area contributed by atoms with Gasteiger partial charge in [0.05, 0.1) is 11.6 Å². The number of rotatable bonds is 3. The van der Waals surface area contributed by atoms with E-state index < -0.39 is 0 Å². The van der Waals surface area contributed by atoms with E-state index in [1.165, 1.54) is 23.9 Å². The third-order valence-electron chi connectivity index (χ3n) is 3.94. The second kappa shape index (κ2) is 5.50. The van der Waals surface area contributed by atoms with Gasteiger partial charge in [-0.25, -0.2) is 0 Å². The molecule has 0 aliphatic carbocycles. The molecule has 3 heteroatoms. The van der Waals surface area contributed by atoms with Gasteiger partial charge in [-0.15, -0.1) is 0 Å². The number of pyridine rings is 1. The molecule has 2 heterocycles. The number of hydrogen-bond donors (Lipinski definition) is 0. The van der Waals surface area contributed by atoms with E-state index in [0.29, 0.717) is 0 Å². The summed E-state index contributed by atoms with van der Waals surface area (Å²) in [5.41, 5.74) is 3.33. The van der Waals surface area contributed by atoms with Gasteiger partial charge in [0.1, 0.15) is 0 Å². The molecule has 1 aromatic heterocycles. The summed E-state index contributed by atoms with van der Waals surface area (Å²) in [6.07, 6.45) is 3.31. The van der Waals surface area contributed by atoms with Crippen LogP contribution in [0.25, 0.3) is 10.9 Å². The summed E-state index contributed by atoms with van der Waals surface area (Å²) < 4.78 is 0. The highest BCUT2D eigenvalue weighted by Crippen LogP contribution is 2.24. The highest BCUT2D eigenvalue weighted by atomic mass is 15.1. The molecule has 1 fully saturated rings. The molecule has 0 spiro atoms. The number of anilines is 1. The maximum atomic E-state index is 8.88. The first kappa shape index (κ1) is 12.9. The monoisotopic (exact) mass is 265 g/mol. The maximum absolute atomic E-state index is 8.88. The highest BCUT2D eigenvalue weighted by molar-refractivity contribution is 5.82. The first-order valence-electron chi connectivity index (χ1n) is 7.30. The minimum atomic E-state index is 0.0174. The van der Waals surface area contributed by atoms with Crippen LogP contribution in [0, 0.1) is 17.2 Å². The van der Waals surface area contributed by atoms with E-state index in [2.05, 4.69) is 40.2 Å². The Labute approximate surface area is 119 Å². The van der Waals surface area contributed by atoms with Crippen molar-refractivity contribution in [1.82, 2.24) is 4.98 Å². The predicted octanol–water partition coefficient (Wildman–Crippen LogP) is 3.54.